The Bertz CT molecular complexity index is 499. The Morgan fingerprint density at radius 2 is 2.05 bits per heavy atom. The molecule has 1 aliphatic rings. The first-order valence-electron chi connectivity index (χ1n) is 6.54. The van der Waals surface area contributed by atoms with Crippen molar-refractivity contribution in [2.75, 3.05) is 18.0 Å². The van der Waals surface area contributed by atoms with E-state index in [4.69, 9.17) is 5.73 Å². The summed E-state index contributed by atoms with van der Waals surface area (Å²) < 4.78 is 27.9. The van der Waals surface area contributed by atoms with Crippen LogP contribution in [0.4, 0.5) is 20.2 Å². The Morgan fingerprint density at radius 1 is 1.45 bits per heavy atom. The zero-order chi connectivity index (χ0) is 14.9. The molecule has 1 aromatic carbocycles. The molecule has 1 heterocycles. The molecule has 2 N–H and O–H groups in total. The highest BCUT2D eigenvalue weighted by Crippen LogP contribution is 2.31. The predicted molar refractivity (Wildman–Crippen MR) is 71.6 cm³/mol. The summed E-state index contributed by atoms with van der Waals surface area (Å²) in [5, 5.41) is 10.6. The molecule has 20 heavy (non-hydrogen) atoms. The van der Waals surface area contributed by atoms with Gasteiger partial charge in [0, 0.05) is 19.1 Å². The molecule has 0 bridgehead atoms. The summed E-state index contributed by atoms with van der Waals surface area (Å²) >= 11 is 0. The predicted octanol–water partition coefficient (Wildman–Crippen LogP) is 2.44. The molecule has 2 unspecified atom stereocenters. The van der Waals surface area contributed by atoms with Gasteiger partial charge in [0.15, 0.2) is 11.6 Å². The Balaban J connectivity index is 2.30. The summed E-state index contributed by atoms with van der Waals surface area (Å²) in [6.07, 6.45) is 1.71. The molecule has 1 saturated heterocycles. The molecule has 1 aromatic rings. The van der Waals surface area contributed by atoms with E-state index in [2.05, 4.69) is 0 Å². The largest absolute Gasteiger partial charge is 0.366 e. The number of nitrogens with zero attached hydrogens (tertiary/aromatic N) is 2. The van der Waals surface area contributed by atoms with E-state index in [1.807, 2.05) is 6.92 Å². The molecular formula is C13H17F2N3O2. The third kappa shape index (κ3) is 2.87. The van der Waals surface area contributed by atoms with Gasteiger partial charge in [-0.1, -0.05) is 0 Å². The first-order chi connectivity index (χ1) is 9.40. The lowest BCUT2D eigenvalue weighted by Gasteiger charge is -2.36. The number of rotatable bonds is 3. The first-order valence-corrected chi connectivity index (χ1v) is 6.54. The Hall–Kier alpha value is -1.76. The van der Waals surface area contributed by atoms with Crippen molar-refractivity contribution in [1.82, 2.24) is 0 Å². The van der Waals surface area contributed by atoms with E-state index in [1.165, 1.54) is 0 Å². The van der Waals surface area contributed by atoms with Crippen molar-refractivity contribution in [1.29, 1.82) is 0 Å². The Morgan fingerprint density at radius 3 is 2.55 bits per heavy atom. The molecular weight excluding hydrogens is 268 g/mol. The molecule has 5 nitrogen and oxygen atoms in total. The van der Waals surface area contributed by atoms with Gasteiger partial charge < -0.3 is 10.6 Å². The van der Waals surface area contributed by atoms with Crippen molar-refractivity contribution in [3.8, 4) is 0 Å². The van der Waals surface area contributed by atoms with Crippen molar-refractivity contribution in [2.24, 2.45) is 11.7 Å². The van der Waals surface area contributed by atoms with Crippen LogP contribution in [0.15, 0.2) is 12.1 Å². The molecule has 2 atom stereocenters. The maximum absolute atomic E-state index is 14.0. The number of halogens is 2. The molecule has 0 spiro atoms. The monoisotopic (exact) mass is 285 g/mol. The van der Waals surface area contributed by atoms with Gasteiger partial charge >= 0.3 is 0 Å². The first kappa shape index (κ1) is 14.6. The van der Waals surface area contributed by atoms with Crippen molar-refractivity contribution in [2.45, 2.75) is 25.8 Å². The minimum absolute atomic E-state index is 0.0537. The highest BCUT2D eigenvalue weighted by Gasteiger charge is 2.28. The van der Waals surface area contributed by atoms with Gasteiger partial charge in [-0.3, -0.25) is 10.1 Å². The van der Waals surface area contributed by atoms with Crippen LogP contribution in [0.25, 0.3) is 0 Å². The van der Waals surface area contributed by atoms with Gasteiger partial charge in [-0.05, 0) is 25.7 Å². The standard InChI is InChI=1S/C13H17F2N3O2/c1-8(16)9-3-2-4-17(7-9)13-11(14)5-10(18(19)20)6-12(13)15/h5-6,8-9H,2-4,7,16H2,1H3. The summed E-state index contributed by atoms with van der Waals surface area (Å²) in [5.41, 5.74) is 5.07. The van der Waals surface area contributed by atoms with Gasteiger partial charge in [0.05, 0.1) is 17.1 Å². The van der Waals surface area contributed by atoms with Gasteiger partial charge in [0.25, 0.3) is 5.69 Å². The Labute approximate surface area is 115 Å². The van der Waals surface area contributed by atoms with Gasteiger partial charge in [0.2, 0.25) is 0 Å². The highest BCUT2D eigenvalue weighted by molar-refractivity contribution is 5.54. The van der Waals surface area contributed by atoms with Crippen LogP contribution >= 0.6 is 0 Å². The van der Waals surface area contributed by atoms with Crippen molar-refractivity contribution < 1.29 is 13.7 Å². The molecule has 2 rings (SSSR count). The number of non-ortho nitro benzene ring substituents is 1. The lowest BCUT2D eigenvalue weighted by Crippen LogP contribution is -2.43. The van der Waals surface area contributed by atoms with E-state index < -0.39 is 22.2 Å². The summed E-state index contributed by atoms with van der Waals surface area (Å²) in [4.78, 5) is 11.4. The number of hydrogen-bond acceptors (Lipinski definition) is 4. The van der Waals surface area contributed by atoms with E-state index in [1.54, 1.807) is 4.90 Å². The molecule has 0 saturated carbocycles. The molecule has 1 fully saturated rings. The third-order valence-electron chi connectivity index (χ3n) is 3.73. The van der Waals surface area contributed by atoms with E-state index in [0.717, 1.165) is 25.0 Å². The Kier molecular flexibility index (Phi) is 4.17. The van der Waals surface area contributed by atoms with Gasteiger partial charge in [-0.25, -0.2) is 8.78 Å². The minimum atomic E-state index is -0.901. The fourth-order valence-electron chi connectivity index (χ4n) is 2.60. The summed E-state index contributed by atoms with van der Waals surface area (Å²) in [5.74, 6) is -1.64. The smallest absolute Gasteiger partial charge is 0.275 e. The molecule has 1 aliphatic heterocycles. The molecule has 0 aliphatic carbocycles. The fraction of sp³-hybridized carbons (Fsp3) is 0.538. The number of nitro benzene ring substituents is 1. The molecule has 0 radical (unpaired) electrons. The second-order valence-electron chi connectivity index (χ2n) is 5.22. The number of nitrogens with two attached hydrogens (primary N) is 1. The molecule has 0 aromatic heterocycles. The van der Waals surface area contributed by atoms with Crippen LogP contribution in [0.2, 0.25) is 0 Å². The van der Waals surface area contributed by atoms with Crippen LogP contribution in [-0.4, -0.2) is 24.1 Å². The lowest BCUT2D eigenvalue weighted by atomic mass is 9.92. The average molecular weight is 285 g/mol. The molecule has 0 amide bonds. The summed E-state index contributed by atoms with van der Waals surface area (Å²) in [7, 11) is 0. The van der Waals surface area contributed by atoms with Crippen molar-refractivity contribution >= 4 is 11.4 Å². The molecule has 110 valence electrons. The lowest BCUT2D eigenvalue weighted by molar-refractivity contribution is -0.385. The van der Waals surface area contributed by atoms with Gasteiger partial charge in [-0.2, -0.15) is 0 Å². The SMILES string of the molecule is CC(N)C1CCCN(c2c(F)cc([N+](=O)[O-])cc2F)C1. The van der Waals surface area contributed by atoms with E-state index in [9.17, 15) is 18.9 Å². The van der Waals surface area contributed by atoms with Gasteiger partial charge in [0.1, 0.15) is 5.69 Å². The average Bonchev–Trinajstić information content (AvgIpc) is 2.38. The number of anilines is 1. The number of hydrogen-bond donors (Lipinski definition) is 1. The van der Waals surface area contributed by atoms with Gasteiger partial charge in [-0.15, -0.1) is 0 Å². The van der Waals surface area contributed by atoms with Crippen LogP contribution in [0.1, 0.15) is 19.8 Å². The van der Waals surface area contributed by atoms with Crippen molar-refractivity contribution in [3.63, 3.8) is 0 Å². The van der Waals surface area contributed by atoms with Crippen LogP contribution in [0.5, 0.6) is 0 Å². The van der Waals surface area contributed by atoms with E-state index >= 15 is 0 Å². The quantitative estimate of drug-likeness (QED) is 0.684. The van der Waals surface area contributed by atoms with E-state index in [0.29, 0.717) is 13.1 Å². The third-order valence-corrected chi connectivity index (χ3v) is 3.73. The minimum Gasteiger partial charge on any atom is -0.366 e. The number of benzene rings is 1. The maximum atomic E-state index is 14.0. The zero-order valence-electron chi connectivity index (χ0n) is 11.2. The topological polar surface area (TPSA) is 72.4 Å². The summed E-state index contributed by atoms with van der Waals surface area (Å²) in [6, 6.07) is 1.46. The normalized spacial score (nSPS) is 20.8. The van der Waals surface area contributed by atoms with Crippen LogP contribution in [0, 0.1) is 27.7 Å². The van der Waals surface area contributed by atoms with Crippen LogP contribution in [0.3, 0.4) is 0 Å². The summed E-state index contributed by atoms with van der Waals surface area (Å²) in [6.45, 7) is 2.86. The fourth-order valence-corrected chi connectivity index (χ4v) is 2.60. The maximum Gasteiger partial charge on any atom is 0.275 e. The van der Waals surface area contributed by atoms with Crippen molar-refractivity contribution in [3.05, 3.63) is 33.9 Å². The van der Waals surface area contributed by atoms with E-state index in [-0.39, 0.29) is 17.6 Å². The number of nitro groups is 1. The van der Waals surface area contributed by atoms with Crippen LogP contribution < -0.4 is 10.6 Å². The highest BCUT2D eigenvalue weighted by atomic mass is 19.1. The zero-order valence-corrected chi connectivity index (χ0v) is 11.2. The second-order valence-corrected chi connectivity index (χ2v) is 5.22. The second kappa shape index (κ2) is 5.70. The molecule has 7 heteroatoms. The number of piperidine rings is 1. The van der Waals surface area contributed by atoms with Crippen LogP contribution in [-0.2, 0) is 0 Å².